The third kappa shape index (κ3) is 3.56. The number of benzene rings is 1. The van der Waals surface area contributed by atoms with Gasteiger partial charge in [0.05, 0.1) is 16.9 Å². The molecule has 0 amide bonds. The molecule has 0 aliphatic heterocycles. The molecule has 0 saturated carbocycles. The lowest BCUT2D eigenvalue weighted by Gasteiger charge is -2.11. The van der Waals surface area contributed by atoms with Crippen LogP contribution in [0.3, 0.4) is 0 Å². The molecule has 0 bridgehead atoms. The second-order valence-electron chi connectivity index (χ2n) is 3.90. The summed E-state index contributed by atoms with van der Waals surface area (Å²) in [6.45, 7) is 0. The fraction of sp³-hybridized carbons (Fsp3) is 0.167. The van der Waals surface area contributed by atoms with Crippen molar-refractivity contribution >= 4 is 22.6 Å². The molecule has 22 heavy (non-hydrogen) atoms. The van der Waals surface area contributed by atoms with E-state index >= 15 is 0 Å². The topological polar surface area (TPSA) is 78.9 Å². The van der Waals surface area contributed by atoms with Crippen LogP contribution in [0.1, 0.15) is 5.56 Å². The number of halogens is 3. The van der Waals surface area contributed by atoms with Gasteiger partial charge in [-0.3, -0.25) is 5.32 Å². The Morgan fingerprint density at radius 1 is 1.45 bits per heavy atom. The molecule has 0 fully saturated rings. The van der Waals surface area contributed by atoms with E-state index in [1.807, 2.05) is 0 Å². The summed E-state index contributed by atoms with van der Waals surface area (Å²) in [5.41, 5.74) is -0.503. The number of hydrogen-bond donors (Lipinski definition) is 1. The number of thioether (sulfide) groups is 1. The van der Waals surface area contributed by atoms with E-state index in [0.29, 0.717) is 5.69 Å². The lowest BCUT2D eigenvalue weighted by molar-refractivity contribution is -0.137. The largest absolute Gasteiger partial charge is 0.416 e. The highest BCUT2D eigenvalue weighted by atomic mass is 32.2. The molecule has 0 radical (unpaired) electrons. The molecule has 0 unspecified atom stereocenters. The van der Waals surface area contributed by atoms with Crippen LogP contribution in [-0.4, -0.2) is 26.2 Å². The molecule has 1 aromatic heterocycles. The first kappa shape index (κ1) is 15.8. The highest BCUT2D eigenvalue weighted by Crippen LogP contribution is 2.34. The van der Waals surface area contributed by atoms with E-state index in [2.05, 4.69) is 20.4 Å². The molecule has 6 nitrogen and oxygen atoms in total. The summed E-state index contributed by atoms with van der Waals surface area (Å²) >= 11 is 1.10. The highest BCUT2D eigenvalue weighted by molar-refractivity contribution is 8.13. The molecule has 10 heteroatoms. The van der Waals surface area contributed by atoms with Gasteiger partial charge in [0.1, 0.15) is 12.7 Å². The van der Waals surface area contributed by atoms with Crippen LogP contribution >= 0.6 is 11.8 Å². The molecule has 1 aromatic carbocycles. The number of nitrogens with one attached hydrogen (secondary N) is 1. The maximum absolute atomic E-state index is 12.9. The van der Waals surface area contributed by atoms with Gasteiger partial charge in [-0.05, 0) is 24.5 Å². The Hall–Kier alpha value is -2.54. The van der Waals surface area contributed by atoms with Crippen LogP contribution in [-0.2, 0) is 6.18 Å². The SMILES string of the molecule is CSC(=Nc1cc(C(F)(F)F)ccc1-n1cncn1)NC#N. The second-order valence-corrected chi connectivity index (χ2v) is 4.69. The van der Waals surface area contributed by atoms with Crippen molar-refractivity contribution in [2.75, 3.05) is 6.26 Å². The Morgan fingerprint density at radius 3 is 2.77 bits per heavy atom. The van der Waals surface area contributed by atoms with Crippen LogP contribution < -0.4 is 5.32 Å². The van der Waals surface area contributed by atoms with Gasteiger partial charge in [-0.15, -0.1) is 0 Å². The van der Waals surface area contributed by atoms with Gasteiger partial charge in [-0.25, -0.2) is 14.7 Å². The number of alkyl halides is 3. The van der Waals surface area contributed by atoms with Crippen LogP contribution in [0.4, 0.5) is 18.9 Å². The van der Waals surface area contributed by atoms with E-state index < -0.39 is 11.7 Å². The summed E-state index contributed by atoms with van der Waals surface area (Å²) in [5, 5.41) is 15.0. The molecule has 114 valence electrons. The minimum Gasteiger partial charge on any atom is -0.271 e. The molecular weight excluding hydrogens is 317 g/mol. The van der Waals surface area contributed by atoms with Crippen molar-refractivity contribution in [2.45, 2.75) is 6.18 Å². The Kier molecular flexibility index (Phi) is 4.67. The van der Waals surface area contributed by atoms with Crippen LogP contribution in [0.5, 0.6) is 0 Å². The van der Waals surface area contributed by atoms with E-state index in [4.69, 9.17) is 5.26 Å². The number of hydrogen-bond acceptors (Lipinski definition) is 5. The van der Waals surface area contributed by atoms with Crippen molar-refractivity contribution in [3.8, 4) is 11.9 Å². The summed E-state index contributed by atoms with van der Waals surface area (Å²) in [6, 6.07) is 3.08. The molecule has 0 spiro atoms. The minimum absolute atomic E-state index is 0.0208. The molecule has 0 aliphatic carbocycles. The summed E-state index contributed by atoms with van der Waals surface area (Å²) in [6.07, 6.45) is 1.43. The van der Waals surface area contributed by atoms with E-state index in [1.54, 1.807) is 12.4 Å². The van der Waals surface area contributed by atoms with Gasteiger partial charge in [-0.1, -0.05) is 11.8 Å². The Labute approximate surface area is 127 Å². The summed E-state index contributed by atoms with van der Waals surface area (Å²) in [4.78, 5) is 7.81. The van der Waals surface area contributed by atoms with Gasteiger partial charge in [0.25, 0.3) is 0 Å². The zero-order chi connectivity index (χ0) is 16.2. The van der Waals surface area contributed by atoms with E-state index in [0.717, 1.165) is 23.9 Å². The van der Waals surface area contributed by atoms with E-state index in [-0.39, 0.29) is 10.9 Å². The van der Waals surface area contributed by atoms with E-state index in [9.17, 15) is 13.2 Å². The molecule has 2 rings (SSSR count). The smallest absolute Gasteiger partial charge is 0.271 e. The zero-order valence-electron chi connectivity index (χ0n) is 11.2. The predicted octanol–water partition coefficient (Wildman–Crippen LogP) is 2.71. The molecule has 2 aromatic rings. The van der Waals surface area contributed by atoms with Crippen LogP contribution in [0.25, 0.3) is 5.69 Å². The van der Waals surface area contributed by atoms with Crippen molar-refractivity contribution in [3.63, 3.8) is 0 Å². The molecule has 1 heterocycles. The van der Waals surface area contributed by atoms with Crippen LogP contribution in [0.15, 0.2) is 35.8 Å². The first-order chi connectivity index (χ1) is 10.5. The van der Waals surface area contributed by atoms with Crippen LogP contribution in [0.2, 0.25) is 0 Å². The predicted molar refractivity (Wildman–Crippen MR) is 75.7 cm³/mol. The maximum Gasteiger partial charge on any atom is 0.416 e. The van der Waals surface area contributed by atoms with Crippen molar-refractivity contribution < 1.29 is 13.2 Å². The molecule has 0 aliphatic rings. The zero-order valence-corrected chi connectivity index (χ0v) is 12.0. The molecule has 0 atom stereocenters. The third-order valence-corrected chi connectivity index (χ3v) is 3.13. The molecule has 1 N–H and O–H groups in total. The number of aromatic nitrogens is 3. The number of aliphatic imine (C=N–C) groups is 1. The van der Waals surface area contributed by atoms with Crippen molar-refractivity contribution in [1.82, 2.24) is 20.1 Å². The highest BCUT2D eigenvalue weighted by Gasteiger charge is 2.31. The second kappa shape index (κ2) is 6.48. The minimum atomic E-state index is -4.49. The quantitative estimate of drug-likeness (QED) is 0.397. The van der Waals surface area contributed by atoms with Gasteiger partial charge in [0.15, 0.2) is 11.4 Å². The molecule has 0 saturated heterocycles. The summed E-state index contributed by atoms with van der Waals surface area (Å²) < 4.78 is 39.9. The van der Waals surface area contributed by atoms with Crippen molar-refractivity contribution in [3.05, 3.63) is 36.4 Å². The van der Waals surface area contributed by atoms with Gasteiger partial charge < -0.3 is 0 Å². The third-order valence-electron chi connectivity index (χ3n) is 2.55. The monoisotopic (exact) mass is 326 g/mol. The number of rotatable bonds is 2. The Morgan fingerprint density at radius 2 is 2.23 bits per heavy atom. The average Bonchev–Trinajstić information content (AvgIpc) is 2.99. The van der Waals surface area contributed by atoms with Gasteiger partial charge in [0, 0.05) is 0 Å². The fourth-order valence-corrected chi connectivity index (χ4v) is 1.93. The Balaban J connectivity index is 2.58. The fourth-order valence-electron chi connectivity index (χ4n) is 1.60. The normalized spacial score (nSPS) is 12.0. The van der Waals surface area contributed by atoms with Crippen molar-refractivity contribution in [1.29, 1.82) is 5.26 Å². The lowest BCUT2D eigenvalue weighted by atomic mass is 10.1. The first-order valence-electron chi connectivity index (χ1n) is 5.79. The average molecular weight is 326 g/mol. The van der Waals surface area contributed by atoms with Crippen molar-refractivity contribution in [2.24, 2.45) is 4.99 Å². The first-order valence-corrected chi connectivity index (χ1v) is 7.02. The van der Waals surface area contributed by atoms with Gasteiger partial charge in [-0.2, -0.15) is 23.5 Å². The molecular formula is C12H9F3N6S. The standard InChI is InChI=1S/C12H9F3N6S/c1-22-11(18-5-16)20-9-4-8(12(13,14)15)2-3-10(9)21-7-17-6-19-21/h2-4,6-7H,1H3,(H,18,20). The lowest BCUT2D eigenvalue weighted by Crippen LogP contribution is -2.13. The number of nitriles is 1. The Bertz CT molecular complexity index is 717. The van der Waals surface area contributed by atoms with Gasteiger partial charge >= 0.3 is 6.18 Å². The number of amidine groups is 1. The summed E-state index contributed by atoms with van der Waals surface area (Å²) in [7, 11) is 0. The van der Waals surface area contributed by atoms with E-state index in [1.165, 1.54) is 23.4 Å². The maximum atomic E-state index is 12.9. The van der Waals surface area contributed by atoms with Gasteiger partial charge in [0.2, 0.25) is 0 Å². The summed E-state index contributed by atoms with van der Waals surface area (Å²) in [5.74, 6) is 0. The number of nitrogens with zero attached hydrogens (tertiary/aromatic N) is 5. The van der Waals surface area contributed by atoms with Crippen LogP contribution in [0, 0.1) is 11.5 Å².